The lowest BCUT2D eigenvalue weighted by atomic mass is 10.2. The van der Waals surface area contributed by atoms with Gasteiger partial charge in [-0.15, -0.1) is 9.13 Å². The number of anilines is 2. The molecule has 0 spiro atoms. The van der Waals surface area contributed by atoms with Crippen LogP contribution in [0.2, 0.25) is 0 Å². The van der Waals surface area contributed by atoms with E-state index < -0.39 is 10.4 Å². The van der Waals surface area contributed by atoms with Gasteiger partial charge in [-0.25, -0.2) is 9.97 Å². The van der Waals surface area contributed by atoms with Crippen molar-refractivity contribution in [1.29, 1.82) is 0 Å². The first-order valence-electron chi connectivity index (χ1n) is 18.7. The molecule has 0 aliphatic rings. The van der Waals surface area contributed by atoms with Crippen molar-refractivity contribution in [2.45, 2.75) is 27.7 Å². The minimum atomic E-state index is -5.17. The molecule has 292 valence electrons. The number of para-hydroxylation sites is 2. The maximum atomic E-state index is 10.0. The Labute approximate surface area is 331 Å². The lowest BCUT2D eigenvalue weighted by Crippen LogP contribution is -2.33. The lowest BCUT2D eigenvalue weighted by molar-refractivity contribution is -0.538. The number of phenols is 2. The Morgan fingerprint density at radius 1 is 0.491 bits per heavy atom. The SMILES string of the molecule is CCN(CC)c1ccc2nc3ccc(O)cc3[n+](-c3ccccc3)c2c1.CCN(CC)c1ccc2nc3ccc(O)cc3[n+](-c3ccccc3)c2c1.O=S(=O)([O-])[O-]. The lowest BCUT2D eigenvalue weighted by Gasteiger charge is -2.20. The van der Waals surface area contributed by atoms with Gasteiger partial charge in [0, 0.05) is 84.4 Å². The molecule has 0 fully saturated rings. The van der Waals surface area contributed by atoms with Gasteiger partial charge < -0.3 is 29.1 Å². The summed E-state index contributed by atoms with van der Waals surface area (Å²) in [5.74, 6) is 0.478. The smallest absolute Gasteiger partial charge is 0.241 e. The molecule has 57 heavy (non-hydrogen) atoms. The first-order chi connectivity index (χ1) is 27.4. The summed E-state index contributed by atoms with van der Waals surface area (Å²) < 4.78 is 38.4. The van der Waals surface area contributed by atoms with Crippen molar-refractivity contribution in [1.82, 2.24) is 9.97 Å². The minimum absolute atomic E-state index is 0.239. The molecule has 0 bridgehead atoms. The summed E-state index contributed by atoms with van der Waals surface area (Å²) in [6.45, 7) is 12.5. The number of nitrogens with zero attached hydrogens (tertiary/aromatic N) is 6. The molecule has 2 N–H and O–H groups in total. The molecule has 12 nitrogen and oxygen atoms in total. The van der Waals surface area contributed by atoms with Crippen molar-refractivity contribution in [3.8, 4) is 22.9 Å². The summed E-state index contributed by atoms with van der Waals surface area (Å²) in [4.78, 5) is 14.3. The molecule has 6 aromatic carbocycles. The van der Waals surface area contributed by atoms with Gasteiger partial charge in [0.2, 0.25) is 33.4 Å². The summed E-state index contributed by atoms with van der Waals surface area (Å²) in [7, 11) is -5.17. The van der Waals surface area contributed by atoms with Gasteiger partial charge in [0.15, 0.2) is 0 Å². The predicted octanol–water partition coefficient (Wildman–Crippen LogP) is 7.10. The fourth-order valence-electron chi connectivity index (χ4n) is 6.94. The Morgan fingerprint density at radius 2 is 0.789 bits per heavy atom. The normalized spacial score (nSPS) is 11.2. The molecule has 2 heterocycles. The Hall–Kier alpha value is -6.41. The Morgan fingerprint density at radius 3 is 1.11 bits per heavy atom. The van der Waals surface area contributed by atoms with E-state index in [1.165, 1.54) is 11.4 Å². The van der Waals surface area contributed by atoms with Crippen molar-refractivity contribution >= 4 is 65.9 Å². The van der Waals surface area contributed by atoms with E-state index in [4.69, 9.17) is 27.5 Å². The van der Waals surface area contributed by atoms with Gasteiger partial charge in [0.1, 0.15) is 33.6 Å². The first kappa shape index (κ1) is 40.3. The molecule has 0 aliphatic carbocycles. The van der Waals surface area contributed by atoms with Gasteiger partial charge in [-0.3, -0.25) is 8.42 Å². The second kappa shape index (κ2) is 17.6. The van der Waals surface area contributed by atoms with Gasteiger partial charge >= 0.3 is 0 Å². The van der Waals surface area contributed by atoms with Crippen molar-refractivity contribution in [3.05, 3.63) is 133 Å². The number of benzene rings is 6. The van der Waals surface area contributed by atoms with E-state index in [1.807, 2.05) is 48.5 Å². The highest BCUT2D eigenvalue weighted by Crippen LogP contribution is 2.26. The van der Waals surface area contributed by atoms with Crippen LogP contribution in [0, 0.1) is 0 Å². The van der Waals surface area contributed by atoms with Gasteiger partial charge in [0.05, 0.1) is 12.1 Å². The van der Waals surface area contributed by atoms with Crippen LogP contribution in [0.4, 0.5) is 11.4 Å². The Balaban J connectivity index is 0.000000173. The summed E-state index contributed by atoms with van der Waals surface area (Å²) in [5.41, 5.74) is 11.9. The molecular formula is C44H44N6O6S. The van der Waals surface area contributed by atoms with Crippen LogP contribution in [0.1, 0.15) is 27.7 Å². The van der Waals surface area contributed by atoms with E-state index in [0.29, 0.717) is 0 Å². The molecule has 0 atom stereocenters. The highest BCUT2D eigenvalue weighted by Gasteiger charge is 2.22. The molecule has 8 rings (SSSR count). The number of aromatic hydroxyl groups is 2. The number of fused-ring (bicyclic) bond motifs is 4. The van der Waals surface area contributed by atoms with Gasteiger partial charge in [-0.1, -0.05) is 36.4 Å². The molecule has 0 amide bonds. The number of aromatic nitrogens is 4. The van der Waals surface area contributed by atoms with Crippen LogP contribution in [0.3, 0.4) is 0 Å². The molecule has 13 heteroatoms. The van der Waals surface area contributed by atoms with Crippen molar-refractivity contribution in [2.24, 2.45) is 0 Å². The number of hydrogen-bond acceptors (Lipinski definition) is 10. The fourth-order valence-corrected chi connectivity index (χ4v) is 6.94. The zero-order chi connectivity index (χ0) is 40.7. The average molecular weight is 785 g/mol. The number of hydrogen-bond donors (Lipinski definition) is 2. The molecule has 0 saturated carbocycles. The van der Waals surface area contributed by atoms with Gasteiger partial charge in [-0.05, 0) is 76.2 Å². The van der Waals surface area contributed by atoms with E-state index in [-0.39, 0.29) is 11.5 Å². The highest BCUT2D eigenvalue weighted by atomic mass is 32.3. The van der Waals surface area contributed by atoms with Crippen LogP contribution in [-0.2, 0) is 10.4 Å². The van der Waals surface area contributed by atoms with E-state index in [9.17, 15) is 10.2 Å². The molecule has 0 saturated heterocycles. The third-order valence-electron chi connectivity index (χ3n) is 9.57. The first-order valence-corrected chi connectivity index (χ1v) is 20.0. The van der Waals surface area contributed by atoms with E-state index in [0.717, 1.165) is 81.7 Å². The summed E-state index contributed by atoms with van der Waals surface area (Å²) >= 11 is 0. The second-order valence-corrected chi connectivity index (χ2v) is 13.8. The van der Waals surface area contributed by atoms with Crippen LogP contribution < -0.4 is 18.9 Å². The summed E-state index contributed by atoms with van der Waals surface area (Å²) in [6.07, 6.45) is 0. The van der Waals surface area contributed by atoms with Crippen LogP contribution >= 0.6 is 0 Å². The van der Waals surface area contributed by atoms with Gasteiger partial charge in [-0.2, -0.15) is 0 Å². The predicted molar refractivity (Wildman–Crippen MR) is 222 cm³/mol. The van der Waals surface area contributed by atoms with Crippen LogP contribution in [0.25, 0.3) is 55.5 Å². The largest absolute Gasteiger partial charge is 0.759 e. The average Bonchev–Trinajstić information content (AvgIpc) is 3.20. The monoisotopic (exact) mass is 784 g/mol. The maximum absolute atomic E-state index is 10.0. The molecule has 0 unspecified atom stereocenters. The van der Waals surface area contributed by atoms with E-state index >= 15 is 0 Å². The quantitative estimate of drug-likeness (QED) is 0.0705. The number of phenolic OH excluding ortho intramolecular Hbond substituents is 2. The molecular weight excluding hydrogens is 741 g/mol. The molecule has 8 aromatic rings. The van der Waals surface area contributed by atoms with Crippen molar-refractivity contribution < 1.29 is 36.9 Å². The molecule has 0 radical (unpaired) electrons. The zero-order valence-corrected chi connectivity index (χ0v) is 33.0. The van der Waals surface area contributed by atoms with Gasteiger partial charge in [0.25, 0.3) is 0 Å². The van der Waals surface area contributed by atoms with Crippen LogP contribution in [0.5, 0.6) is 11.5 Å². The topological polar surface area (TPSA) is 161 Å². The Bertz CT molecular complexity index is 2580. The maximum Gasteiger partial charge on any atom is 0.241 e. The second-order valence-electron chi connectivity index (χ2n) is 13.0. The Kier molecular flexibility index (Phi) is 12.4. The van der Waals surface area contributed by atoms with Crippen LogP contribution in [-0.4, -0.2) is 63.9 Å². The summed E-state index contributed by atoms with van der Waals surface area (Å²) in [6, 6.07) is 43.9. The molecule has 2 aromatic heterocycles. The highest BCUT2D eigenvalue weighted by molar-refractivity contribution is 7.79. The van der Waals surface area contributed by atoms with E-state index in [1.54, 1.807) is 24.3 Å². The summed E-state index contributed by atoms with van der Waals surface area (Å²) in [5, 5.41) is 20.1. The minimum Gasteiger partial charge on any atom is -0.759 e. The fraction of sp³-hybridized carbons (Fsp3) is 0.182. The number of rotatable bonds is 8. The van der Waals surface area contributed by atoms with E-state index in [2.05, 4.69) is 107 Å². The van der Waals surface area contributed by atoms with Crippen molar-refractivity contribution in [3.63, 3.8) is 0 Å². The third-order valence-corrected chi connectivity index (χ3v) is 9.57. The zero-order valence-electron chi connectivity index (χ0n) is 32.1. The molecule has 0 aliphatic heterocycles. The standard InChI is InChI=1S/2C22H21N3O.H2O4S/c2*1-3-24(4-2)17-10-12-19-21(14-17)25(16-8-6-5-7-9-16)22-15-18(26)11-13-20(22)23-19;1-5(2,3)4/h2*5-15H,3-4H2,1-2H3;(H2,1,2,3,4). The third kappa shape index (κ3) is 9.35. The van der Waals surface area contributed by atoms with Crippen molar-refractivity contribution in [2.75, 3.05) is 36.0 Å². The van der Waals surface area contributed by atoms with Crippen LogP contribution in [0.15, 0.2) is 133 Å².